The number of benzene rings is 1. The van der Waals surface area contributed by atoms with Gasteiger partial charge < -0.3 is 19.8 Å². The number of carbonyl (C=O) groups excluding carboxylic acids is 4. The fourth-order valence-corrected chi connectivity index (χ4v) is 3.14. The maximum Gasteiger partial charge on any atom is 0.333 e. The minimum atomic E-state index is -0.645. The molecular formula is C23H28N4O6. The van der Waals surface area contributed by atoms with E-state index in [1.165, 1.54) is 6.08 Å². The normalized spacial score (nSPS) is 13.5. The Kier molecular flexibility index (Phi) is 9.42. The monoisotopic (exact) mass is 456 g/mol. The topological polar surface area (TPSA) is 129 Å². The lowest BCUT2D eigenvalue weighted by Crippen LogP contribution is -2.32. The second-order valence-corrected chi connectivity index (χ2v) is 7.61. The van der Waals surface area contributed by atoms with Crippen LogP contribution >= 0.6 is 0 Å². The minimum absolute atomic E-state index is 0.0200. The number of nitriles is 1. The van der Waals surface area contributed by atoms with Gasteiger partial charge in [0.1, 0.15) is 17.4 Å². The Morgan fingerprint density at radius 3 is 2.48 bits per heavy atom. The van der Waals surface area contributed by atoms with Gasteiger partial charge in [-0.3, -0.25) is 14.4 Å². The summed E-state index contributed by atoms with van der Waals surface area (Å²) in [4.78, 5) is 53.6. The summed E-state index contributed by atoms with van der Waals surface area (Å²) in [6, 6.07) is 7.28. The summed E-state index contributed by atoms with van der Waals surface area (Å²) in [5, 5.41) is 12.6. The zero-order valence-electron chi connectivity index (χ0n) is 19.1. The van der Waals surface area contributed by atoms with Crippen molar-refractivity contribution >= 4 is 35.5 Å². The highest BCUT2D eigenvalue weighted by Crippen LogP contribution is 2.28. The lowest BCUT2D eigenvalue weighted by molar-refractivity contribution is -0.197. The van der Waals surface area contributed by atoms with E-state index in [0.717, 1.165) is 5.69 Å². The maximum absolute atomic E-state index is 12.3. The van der Waals surface area contributed by atoms with Gasteiger partial charge in [-0.25, -0.2) is 4.79 Å². The molecule has 0 atom stereocenters. The van der Waals surface area contributed by atoms with Gasteiger partial charge in [0.2, 0.25) is 0 Å². The molecule has 0 spiro atoms. The standard InChI is InChI=1S/C23H28N4O6/c1-26(2)18-14-16(8-9-19(18)32-3)13-17(15-24)23(31)25-12-6-4-5-7-22(30)33-27-20(28)10-11-21(27)29/h8-9,13-14H,4-7,10-12H2,1-3H3,(H,25,31)/b17-13+. The molecule has 0 radical (unpaired) electrons. The summed E-state index contributed by atoms with van der Waals surface area (Å²) in [6.07, 6.45) is 3.37. The van der Waals surface area contributed by atoms with Crippen molar-refractivity contribution in [2.75, 3.05) is 32.6 Å². The molecule has 1 saturated heterocycles. The van der Waals surface area contributed by atoms with E-state index in [0.29, 0.717) is 42.2 Å². The Balaban J connectivity index is 1.76. The zero-order chi connectivity index (χ0) is 24.4. The molecule has 176 valence electrons. The fourth-order valence-electron chi connectivity index (χ4n) is 3.14. The highest BCUT2D eigenvalue weighted by Gasteiger charge is 2.32. The SMILES string of the molecule is COc1ccc(/C=C(\C#N)C(=O)NCCCCCC(=O)ON2C(=O)CCC2=O)cc1N(C)C. The summed E-state index contributed by atoms with van der Waals surface area (Å²) >= 11 is 0. The summed E-state index contributed by atoms with van der Waals surface area (Å²) in [6.45, 7) is 0.335. The fraction of sp³-hybridized carbons (Fsp3) is 0.435. The molecule has 1 fully saturated rings. The van der Waals surface area contributed by atoms with Gasteiger partial charge in [-0.05, 0) is 36.6 Å². The Bertz CT molecular complexity index is 964. The van der Waals surface area contributed by atoms with Crippen molar-refractivity contribution in [1.82, 2.24) is 10.4 Å². The van der Waals surface area contributed by atoms with Crippen LogP contribution in [0.1, 0.15) is 44.1 Å². The number of carbonyl (C=O) groups is 4. The first-order chi connectivity index (χ1) is 15.8. The summed E-state index contributed by atoms with van der Waals surface area (Å²) in [5.41, 5.74) is 1.49. The third-order valence-corrected chi connectivity index (χ3v) is 4.90. The van der Waals surface area contributed by atoms with Gasteiger partial charge in [-0.2, -0.15) is 5.26 Å². The number of hydroxylamine groups is 2. The third-order valence-electron chi connectivity index (χ3n) is 4.90. The molecular weight excluding hydrogens is 428 g/mol. The van der Waals surface area contributed by atoms with Gasteiger partial charge >= 0.3 is 5.97 Å². The molecule has 0 aromatic heterocycles. The Hall–Kier alpha value is -3.87. The number of nitrogens with zero attached hydrogens (tertiary/aromatic N) is 3. The van der Waals surface area contributed by atoms with Crippen molar-refractivity contribution in [3.05, 3.63) is 29.3 Å². The quantitative estimate of drug-likeness (QED) is 0.232. The van der Waals surface area contributed by atoms with Crippen molar-refractivity contribution in [3.63, 3.8) is 0 Å². The van der Waals surface area contributed by atoms with Crippen molar-refractivity contribution in [1.29, 1.82) is 5.26 Å². The minimum Gasteiger partial charge on any atom is -0.495 e. The van der Waals surface area contributed by atoms with Gasteiger partial charge in [0, 0.05) is 39.9 Å². The van der Waals surface area contributed by atoms with E-state index in [2.05, 4.69) is 5.32 Å². The van der Waals surface area contributed by atoms with Crippen LogP contribution in [0.15, 0.2) is 23.8 Å². The van der Waals surface area contributed by atoms with E-state index in [1.54, 1.807) is 19.2 Å². The average Bonchev–Trinajstić information content (AvgIpc) is 3.11. The van der Waals surface area contributed by atoms with E-state index < -0.39 is 23.7 Å². The van der Waals surface area contributed by atoms with Gasteiger partial charge in [0.15, 0.2) is 0 Å². The number of rotatable bonds is 11. The number of hydrogen-bond donors (Lipinski definition) is 1. The molecule has 1 aliphatic rings. The smallest absolute Gasteiger partial charge is 0.333 e. The van der Waals surface area contributed by atoms with Gasteiger partial charge in [0.05, 0.1) is 12.8 Å². The van der Waals surface area contributed by atoms with Crippen LogP contribution in [0.25, 0.3) is 6.08 Å². The molecule has 10 nitrogen and oxygen atoms in total. The van der Waals surface area contributed by atoms with Crippen molar-refractivity contribution in [2.24, 2.45) is 0 Å². The van der Waals surface area contributed by atoms with E-state index in [9.17, 15) is 24.4 Å². The number of methoxy groups -OCH3 is 1. The number of unbranched alkanes of at least 4 members (excludes halogenated alkanes) is 2. The van der Waals surface area contributed by atoms with Crippen LogP contribution in [0.2, 0.25) is 0 Å². The number of amides is 3. The molecule has 1 N–H and O–H groups in total. The maximum atomic E-state index is 12.3. The van der Waals surface area contributed by atoms with Crippen LogP contribution in [-0.2, 0) is 24.0 Å². The van der Waals surface area contributed by atoms with Gasteiger partial charge in [0.25, 0.3) is 17.7 Å². The van der Waals surface area contributed by atoms with Crippen LogP contribution in [0.3, 0.4) is 0 Å². The first kappa shape index (κ1) is 25.4. The lowest BCUT2D eigenvalue weighted by Gasteiger charge is -2.17. The summed E-state index contributed by atoms with van der Waals surface area (Å²) in [7, 11) is 5.31. The number of nitrogens with one attached hydrogen (secondary N) is 1. The predicted octanol–water partition coefficient (Wildman–Crippen LogP) is 1.95. The Labute approximate surface area is 192 Å². The number of anilines is 1. The molecule has 1 aliphatic heterocycles. The molecule has 0 unspecified atom stereocenters. The molecule has 1 heterocycles. The molecule has 2 rings (SSSR count). The molecule has 1 aromatic carbocycles. The Morgan fingerprint density at radius 1 is 1.18 bits per heavy atom. The second kappa shape index (κ2) is 12.2. The first-order valence-electron chi connectivity index (χ1n) is 10.6. The predicted molar refractivity (Wildman–Crippen MR) is 120 cm³/mol. The third kappa shape index (κ3) is 7.35. The molecule has 10 heteroatoms. The van der Waals surface area contributed by atoms with Crippen LogP contribution in [0.5, 0.6) is 5.75 Å². The largest absolute Gasteiger partial charge is 0.495 e. The highest BCUT2D eigenvalue weighted by molar-refractivity contribution is 6.02. The summed E-state index contributed by atoms with van der Waals surface area (Å²) < 4.78 is 5.32. The first-order valence-corrected chi connectivity index (χ1v) is 10.6. The van der Waals surface area contributed by atoms with Crippen molar-refractivity contribution < 1.29 is 28.8 Å². The van der Waals surface area contributed by atoms with E-state index >= 15 is 0 Å². The second-order valence-electron chi connectivity index (χ2n) is 7.61. The van der Waals surface area contributed by atoms with Crippen molar-refractivity contribution in [2.45, 2.75) is 38.5 Å². The van der Waals surface area contributed by atoms with Crippen molar-refractivity contribution in [3.8, 4) is 11.8 Å². The molecule has 0 aliphatic carbocycles. The van der Waals surface area contributed by atoms with E-state index in [-0.39, 0.29) is 24.8 Å². The molecule has 1 aromatic rings. The Morgan fingerprint density at radius 2 is 1.88 bits per heavy atom. The van der Waals surface area contributed by atoms with Crippen LogP contribution in [-0.4, -0.2) is 56.5 Å². The highest BCUT2D eigenvalue weighted by atomic mass is 16.7. The van der Waals surface area contributed by atoms with Gasteiger partial charge in [-0.15, -0.1) is 5.06 Å². The van der Waals surface area contributed by atoms with Crippen LogP contribution in [0, 0.1) is 11.3 Å². The van der Waals surface area contributed by atoms with E-state index in [1.807, 2.05) is 31.1 Å². The molecule has 33 heavy (non-hydrogen) atoms. The number of hydrogen-bond acceptors (Lipinski definition) is 8. The molecule has 0 saturated carbocycles. The van der Waals surface area contributed by atoms with E-state index in [4.69, 9.17) is 9.57 Å². The molecule has 3 amide bonds. The van der Waals surface area contributed by atoms with Crippen LogP contribution in [0.4, 0.5) is 5.69 Å². The lowest BCUT2D eigenvalue weighted by atomic mass is 10.1. The average molecular weight is 456 g/mol. The number of imide groups is 1. The van der Waals surface area contributed by atoms with Crippen LogP contribution < -0.4 is 15.0 Å². The number of ether oxygens (including phenoxy) is 1. The zero-order valence-corrected chi connectivity index (χ0v) is 19.1. The van der Waals surface area contributed by atoms with Gasteiger partial charge in [-0.1, -0.05) is 12.5 Å². The summed E-state index contributed by atoms with van der Waals surface area (Å²) in [5.74, 6) is -1.46. The molecule has 0 bridgehead atoms.